The Morgan fingerprint density at radius 1 is 1.25 bits per heavy atom. The lowest BCUT2D eigenvalue weighted by Gasteiger charge is -2.23. The highest BCUT2D eigenvalue weighted by Crippen LogP contribution is 2.33. The van der Waals surface area contributed by atoms with Gasteiger partial charge in [0.15, 0.2) is 0 Å². The van der Waals surface area contributed by atoms with E-state index in [0.717, 1.165) is 35.6 Å². The van der Waals surface area contributed by atoms with Gasteiger partial charge >= 0.3 is 0 Å². The van der Waals surface area contributed by atoms with Crippen LogP contribution in [0.3, 0.4) is 0 Å². The molecule has 1 atom stereocenters. The quantitative estimate of drug-likeness (QED) is 0.766. The first-order valence-corrected chi connectivity index (χ1v) is 8.11. The molecule has 0 amide bonds. The highest BCUT2D eigenvalue weighted by Gasteiger charge is 2.21. The predicted octanol–water partition coefficient (Wildman–Crippen LogP) is 5.06. The highest BCUT2D eigenvalue weighted by molar-refractivity contribution is 5.34. The molecule has 1 saturated carbocycles. The minimum atomic E-state index is -0.0418. The molecule has 112 valence electrons. The zero-order valence-corrected chi connectivity index (χ0v) is 13.1. The van der Waals surface area contributed by atoms with Crippen molar-refractivity contribution in [2.45, 2.75) is 65.3 Å². The Labute approximate surface area is 123 Å². The van der Waals surface area contributed by atoms with Crippen molar-refractivity contribution in [2.75, 3.05) is 6.54 Å². The Hall–Kier alpha value is -0.890. The minimum Gasteiger partial charge on any atom is -0.310 e. The number of rotatable bonds is 6. The number of hydrogen-bond donors (Lipinski definition) is 1. The van der Waals surface area contributed by atoms with Gasteiger partial charge in [-0.1, -0.05) is 38.7 Å². The Kier molecular flexibility index (Phi) is 5.59. The van der Waals surface area contributed by atoms with Crippen LogP contribution in [0.15, 0.2) is 12.1 Å². The molecular formula is C18H28FN. The summed E-state index contributed by atoms with van der Waals surface area (Å²) in [5.74, 6) is 0.824. The van der Waals surface area contributed by atoms with E-state index in [1.165, 1.54) is 32.1 Å². The van der Waals surface area contributed by atoms with Gasteiger partial charge in [-0.2, -0.15) is 0 Å². The van der Waals surface area contributed by atoms with Crippen LogP contribution in [0.25, 0.3) is 0 Å². The van der Waals surface area contributed by atoms with Gasteiger partial charge in [0.05, 0.1) is 0 Å². The number of nitrogens with one attached hydrogen (secondary N) is 1. The lowest BCUT2D eigenvalue weighted by molar-refractivity contribution is 0.406. The zero-order chi connectivity index (χ0) is 14.5. The fourth-order valence-corrected chi connectivity index (χ4v) is 3.66. The van der Waals surface area contributed by atoms with E-state index < -0.39 is 0 Å². The van der Waals surface area contributed by atoms with Crippen LogP contribution >= 0.6 is 0 Å². The van der Waals surface area contributed by atoms with Gasteiger partial charge in [0, 0.05) is 11.6 Å². The molecule has 20 heavy (non-hydrogen) atoms. The average Bonchev–Trinajstić information content (AvgIpc) is 2.87. The van der Waals surface area contributed by atoms with Crippen molar-refractivity contribution < 1.29 is 4.39 Å². The van der Waals surface area contributed by atoms with E-state index in [2.05, 4.69) is 18.3 Å². The maximum atomic E-state index is 14.3. The van der Waals surface area contributed by atoms with E-state index in [4.69, 9.17) is 0 Å². The third-order valence-corrected chi connectivity index (χ3v) is 4.62. The molecular weight excluding hydrogens is 249 g/mol. The average molecular weight is 277 g/mol. The van der Waals surface area contributed by atoms with E-state index in [9.17, 15) is 4.39 Å². The molecule has 0 bridgehead atoms. The second-order valence-electron chi connectivity index (χ2n) is 6.32. The van der Waals surface area contributed by atoms with Gasteiger partial charge in [0.2, 0.25) is 0 Å². The molecule has 1 unspecified atom stereocenters. The maximum Gasteiger partial charge on any atom is 0.128 e. The first kappa shape index (κ1) is 15.5. The minimum absolute atomic E-state index is 0.0418. The largest absolute Gasteiger partial charge is 0.310 e. The standard InChI is InChI=1S/C18H28FN/c1-4-20-17(10-9-15-7-5-6-8-15)18-14(3)11-13(2)12-16(18)19/h11-12,15,17,20H,4-10H2,1-3H3. The highest BCUT2D eigenvalue weighted by atomic mass is 19.1. The molecule has 0 saturated heterocycles. The molecule has 1 fully saturated rings. The summed E-state index contributed by atoms with van der Waals surface area (Å²) < 4.78 is 14.3. The van der Waals surface area contributed by atoms with Crippen LogP contribution in [-0.4, -0.2) is 6.54 Å². The fraction of sp³-hybridized carbons (Fsp3) is 0.667. The molecule has 2 rings (SSSR count). The van der Waals surface area contributed by atoms with E-state index in [1.807, 2.05) is 13.8 Å². The molecule has 0 heterocycles. The number of benzene rings is 1. The number of halogens is 1. The molecule has 2 heteroatoms. The summed E-state index contributed by atoms with van der Waals surface area (Å²) in [6, 6.07) is 3.93. The van der Waals surface area contributed by atoms with E-state index in [1.54, 1.807) is 6.07 Å². The third kappa shape index (κ3) is 3.82. The molecule has 1 aromatic rings. The van der Waals surface area contributed by atoms with Crippen molar-refractivity contribution in [1.82, 2.24) is 5.32 Å². The lowest BCUT2D eigenvalue weighted by Crippen LogP contribution is -2.23. The zero-order valence-electron chi connectivity index (χ0n) is 13.1. The molecule has 0 radical (unpaired) electrons. The molecule has 1 aliphatic carbocycles. The molecule has 1 aliphatic rings. The van der Waals surface area contributed by atoms with Crippen LogP contribution in [0.5, 0.6) is 0 Å². The summed E-state index contributed by atoms with van der Waals surface area (Å²) in [5.41, 5.74) is 2.98. The van der Waals surface area contributed by atoms with Crippen molar-refractivity contribution in [3.8, 4) is 0 Å². The molecule has 0 aliphatic heterocycles. The van der Waals surface area contributed by atoms with Gasteiger partial charge in [-0.3, -0.25) is 0 Å². The van der Waals surface area contributed by atoms with Crippen LogP contribution in [0.1, 0.15) is 68.2 Å². The molecule has 1 nitrogen and oxygen atoms in total. The van der Waals surface area contributed by atoms with E-state index >= 15 is 0 Å². The smallest absolute Gasteiger partial charge is 0.128 e. The normalized spacial score (nSPS) is 17.6. The van der Waals surface area contributed by atoms with Crippen LogP contribution in [0, 0.1) is 25.6 Å². The predicted molar refractivity (Wildman–Crippen MR) is 83.5 cm³/mol. The molecule has 1 N–H and O–H groups in total. The summed E-state index contributed by atoms with van der Waals surface area (Å²) in [5, 5.41) is 3.48. The third-order valence-electron chi connectivity index (χ3n) is 4.62. The summed E-state index contributed by atoms with van der Waals surface area (Å²) >= 11 is 0. The summed E-state index contributed by atoms with van der Waals surface area (Å²) in [7, 11) is 0. The number of aryl methyl sites for hydroxylation is 2. The molecule has 0 spiro atoms. The van der Waals surface area contributed by atoms with Gasteiger partial charge in [0.25, 0.3) is 0 Å². The van der Waals surface area contributed by atoms with Gasteiger partial charge in [-0.15, -0.1) is 0 Å². The van der Waals surface area contributed by atoms with Crippen LogP contribution in [-0.2, 0) is 0 Å². The first-order valence-electron chi connectivity index (χ1n) is 8.11. The monoisotopic (exact) mass is 277 g/mol. The Morgan fingerprint density at radius 3 is 2.55 bits per heavy atom. The summed E-state index contributed by atoms with van der Waals surface area (Å²) in [4.78, 5) is 0. The second kappa shape index (κ2) is 7.21. The van der Waals surface area contributed by atoms with Gasteiger partial charge in [-0.25, -0.2) is 4.39 Å². The van der Waals surface area contributed by atoms with Crippen LogP contribution in [0.2, 0.25) is 0 Å². The lowest BCUT2D eigenvalue weighted by atomic mass is 9.91. The van der Waals surface area contributed by atoms with Crippen molar-refractivity contribution in [2.24, 2.45) is 5.92 Å². The Morgan fingerprint density at radius 2 is 1.95 bits per heavy atom. The van der Waals surface area contributed by atoms with Crippen molar-refractivity contribution in [1.29, 1.82) is 0 Å². The van der Waals surface area contributed by atoms with Gasteiger partial charge in [-0.05, 0) is 56.3 Å². The summed E-state index contributed by atoms with van der Waals surface area (Å²) in [6.07, 6.45) is 7.79. The van der Waals surface area contributed by atoms with Gasteiger partial charge < -0.3 is 5.32 Å². The van der Waals surface area contributed by atoms with Gasteiger partial charge in [0.1, 0.15) is 5.82 Å². The SMILES string of the molecule is CCNC(CCC1CCCC1)c1c(C)cc(C)cc1F. The van der Waals surface area contributed by atoms with Crippen molar-refractivity contribution >= 4 is 0 Å². The van der Waals surface area contributed by atoms with E-state index in [0.29, 0.717) is 0 Å². The molecule has 1 aromatic carbocycles. The first-order chi connectivity index (χ1) is 9.61. The molecule has 0 aromatic heterocycles. The fourth-order valence-electron chi connectivity index (χ4n) is 3.66. The summed E-state index contributed by atoms with van der Waals surface area (Å²) in [6.45, 7) is 6.98. The Bertz CT molecular complexity index is 412. The number of hydrogen-bond acceptors (Lipinski definition) is 1. The van der Waals surface area contributed by atoms with Crippen LogP contribution < -0.4 is 5.32 Å². The topological polar surface area (TPSA) is 12.0 Å². The van der Waals surface area contributed by atoms with Crippen molar-refractivity contribution in [3.05, 3.63) is 34.6 Å². The second-order valence-corrected chi connectivity index (χ2v) is 6.32. The van der Waals surface area contributed by atoms with Crippen LogP contribution in [0.4, 0.5) is 4.39 Å². The Balaban J connectivity index is 2.10. The van der Waals surface area contributed by atoms with E-state index in [-0.39, 0.29) is 11.9 Å². The maximum absolute atomic E-state index is 14.3. The van der Waals surface area contributed by atoms with Crippen molar-refractivity contribution in [3.63, 3.8) is 0 Å².